The summed E-state index contributed by atoms with van der Waals surface area (Å²) in [7, 11) is 0. The molecule has 1 aliphatic rings. The van der Waals surface area contributed by atoms with E-state index >= 15 is 0 Å². The average Bonchev–Trinajstić information content (AvgIpc) is 3.42. The van der Waals surface area contributed by atoms with Crippen molar-refractivity contribution in [1.29, 1.82) is 0 Å². The molecule has 4 aromatic heterocycles. The first-order chi connectivity index (χ1) is 18.3. The van der Waals surface area contributed by atoms with Crippen molar-refractivity contribution >= 4 is 34.6 Å². The molecule has 1 fully saturated rings. The second-order valence-electron chi connectivity index (χ2n) is 8.55. The summed E-state index contributed by atoms with van der Waals surface area (Å²) in [6.45, 7) is 3.33. The highest BCUT2D eigenvalue weighted by Gasteiger charge is 2.16. The first-order valence-corrected chi connectivity index (χ1v) is 12.1. The van der Waals surface area contributed by atoms with Gasteiger partial charge >= 0.3 is 0 Å². The maximum absolute atomic E-state index is 5.80. The van der Waals surface area contributed by atoms with Gasteiger partial charge in [0.15, 0.2) is 0 Å². The fourth-order valence-electron chi connectivity index (χ4n) is 4.04. The van der Waals surface area contributed by atoms with E-state index in [2.05, 4.69) is 25.5 Å². The summed E-state index contributed by atoms with van der Waals surface area (Å²) in [5.74, 6) is 2.51. The fraction of sp³-hybridized carbons (Fsp3) is 0.185. The molecule has 10 nitrogen and oxygen atoms in total. The minimum atomic E-state index is 0.463. The van der Waals surface area contributed by atoms with E-state index in [9.17, 15) is 0 Å². The van der Waals surface area contributed by atoms with Gasteiger partial charge in [-0.15, -0.1) is 0 Å². The molecule has 1 saturated heterocycles. The Kier molecular flexibility index (Phi) is 6.46. The van der Waals surface area contributed by atoms with Gasteiger partial charge in [-0.05, 0) is 17.7 Å². The molecule has 0 amide bonds. The van der Waals surface area contributed by atoms with Gasteiger partial charge in [0.1, 0.15) is 23.9 Å². The van der Waals surface area contributed by atoms with Crippen molar-refractivity contribution in [3.8, 4) is 5.88 Å². The van der Waals surface area contributed by atoms with E-state index in [0.29, 0.717) is 37.5 Å². The molecule has 0 radical (unpaired) electrons. The van der Waals surface area contributed by atoms with Crippen molar-refractivity contribution in [1.82, 2.24) is 24.3 Å². The number of morpholine rings is 1. The van der Waals surface area contributed by atoms with E-state index < -0.39 is 0 Å². The maximum atomic E-state index is 5.80. The Hall–Kier alpha value is -4.70. The quantitative estimate of drug-likeness (QED) is 0.324. The number of fused-ring (bicyclic) bond motifs is 1. The highest BCUT2D eigenvalue weighted by Crippen LogP contribution is 2.25. The van der Waals surface area contributed by atoms with E-state index in [-0.39, 0.29) is 0 Å². The second-order valence-corrected chi connectivity index (χ2v) is 8.55. The second kappa shape index (κ2) is 10.5. The summed E-state index contributed by atoms with van der Waals surface area (Å²) < 4.78 is 13.3. The van der Waals surface area contributed by atoms with Crippen LogP contribution in [-0.4, -0.2) is 50.6 Å². The number of rotatable bonds is 8. The normalized spacial score (nSPS) is 13.5. The lowest BCUT2D eigenvalue weighted by molar-refractivity contribution is 0.122. The summed E-state index contributed by atoms with van der Waals surface area (Å²) in [5.41, 5.74) is 3.59. The molecule has 2 N–H and O–H groups in total. The average molecular weight is 495 g/mol. The number of benzene rings is 1. The number of nitrogens with one attached hydrogen (secondary N) is 2. The number of ether oxygens (including phenoxy) is 2. The molecule has 37 heavy (non-hydrogen) atoms. The minimum absolute atomic E-state index is 0.463. The highest BCUT2D eigenvalue weighted by atomic mass is 16.5. The van der Waals surface area contributed by atoms with Crippen LogP contribution in [0.15, 0.2) is 85.5 Å². The standard InChI is InChI=1S/C27H26N8O2/c1-2-4-20(5-3-1)19-37-26-7-6-22(18-29-26)31-27-32-23(17-25(33-27)35-12-14-36-15-13-35)30-21-8-10-34-11-9-28-24(34)16-21/h1-11,16-18H,12-15,19H2,(H2,30,31,32,33). The summed E-state index contributed by atoms with van der Waals surface area (Å²) in [5, 5.41) is 6.68. The van der Waals surface area contributed by atoms with Crippen LogP contribution in [0.25, 0.3) is 5.65 Å². The van der Waals surface area contributed by atoms with Gasteiger partial charge in [-0.3, -0.25) is 0 Å². The molecule has 0 saturated carbocycles. The van der Waals surface area contributed by atoms with Crippen LogP contribution >= 0.6 is 0 Å². The van der Waals surface area contributed by atoms with Crippen LogP contribution in [0.5, 0.6) is 5.88 Å². The van der Waals surface area contributed by atoms with Crippen molar-refractivity contribution in [3.05, 3.63) is 91.0 Å². The molecule has 0 unspecified atom stereocenters. The van der Waals surface area contributed by atoms with Crippen molar-refractivity contribution in [2.24, 2.45) is 0 Å². The van der Waals surface area contributed by atoms with Crippen molar-refractivity contribution in [2.75, 3.05) is 41.8 Å². The third-order valence-electron chi connectivity index (χ3n) is 5.94. The largest absolute Gasteiger partial charge is 0.473 e. The minimum Gasteiger partial charge on any atom is -0.473 e. The molecule has 5 heterocycles. The lowest BCUT2D eigenvalue weighted by Crippen LogP contribution is -2.36. The molecule has 0 aliphatic carbocycles. The number of pyridine rings is 2. The number of hydrogen-bond acceptors (Lipinski definition) is 9. The van der Waals surface area contributed by atoms with Gasteiger partial charge in [0, 0.05) is 55.6 Å². The van der Waals surface area contributed by atoms with E-state index in [4.69, 9.17) is 19.4 Å². The lowest BCUT2D eigenvalue weighted by Gasteiger charge is -2.28. The Labute approximate surface area is 214 Å². The van der Waals surface area contributed by atoms with E-state index in [1.165, 1.54) is 0 Å². The molecule has 10 heteroatoms. The van der Waals surface area contributed by atoms with Crippen molar-refractivity contribution in [3.63, 3.8) is 0 Å². The number of imidazole rings is 1. The van der Waals surface area contributed by atoms with Crippen LogP contribution in [0.4, 0.5) is 29.0 Å². The van der Waals surface area contributed by atoms with Gasteiger partial charge in [0.05, 0.1) is 25.1 Å². The van der Waals surface area contributed by atoms with Gasteiger partial charge in [-0.25, -0.2) is 9.97 Å². The highest BCUT2D eigenvalue weighted by molar-refractivity contribution is 5.66. The van der Waals surface area contributed by atoms with Crippen molar-refractivity contribution < 1.29 is 9.47 Å². The Morgan fingerprint density at radius 2 is 1.76 bits per heavy atom. The molecule has 0 spiro atoms. The molecule has 6 rings (SSSR count). The van der Waals surface area contributed by atoms with Crippen LogP contribution in [-0.2, 0) is 11.3 Å². The van der Waals surface area contributed by atoms with E-state index in [0.717, 1.165) is 41.5 Å². The first-order valence-electron chi connectivity index (χ1n) is 12.1. The topological polar surface area (TPSA) is 102 Å². The van der Waals surface area contributed by atoms with Gasteiger partial charge in [-0.2, -0.15) is 9.97 Å². The molecule has 0 bridgehead atoms. The summed E-state index contributed by atoms with van der Waals surface area (Å²) in [4.78, 5) is 20.5. The monoisotopic (exact) mass is 494 g/mol. The Morgan fingerprint density at radius 1 is 0.865 bits per heavy atom. The van der Waals surface area contributed by atoms with Gasteiger partial charge < -0.3 is 29.4 Å². The number of aromatic nitrogens is 5. The van der Waals surface area contributed by atoms with E-state index in [1.807, 2.05) is 77.5 Å². The molecule has 0 atom stereocenters. The Bertz CT molecular complexity index is 1470. The van der Waals surface area contributed by atoms with Crippen molar-refractivity contribution in [2.45, 2.75) is 6.61 Å². The van der Waals surface area contributed by atoms with Crippen LogP contribution < -0.4 is 20.3 Å². The number of anilines is 5. The summed E-state index contributed by atoms with van der Waals surface area (Å²) >= 11 is 0. The van der Waals surface area contributed by atoms with Gasteiger partial charge in [0.25, 0.3) is 0 Å². The summed E-state index contributed by atoms with van der Waals surface area (Å²) in [6.07, 6.45) is 7.36. The molecular weight excluding hydrogens is 468 g/mol. The van der Waals surface area contributed by atoms with Crippen LogP contribution in [0.3, 0.4) is 0 Å². The molecule has 5 aromatic rings. The molecule has 1 aromatic carbocycles. The Balaban J connectivity index is 1.21. The zero-order valence-electron chi connectivity index (χ0n) is 20.1. The van der Waals surface area contributed by atoms with Gasteiger partial charge in [-0.1, -0.05) is 30.3 Å². The van der Waals surface area contributed by atoms with E-state index in [1.54, 1.807) is 12.4 Å². The molecule has 1 aliphatic heterocycles. The number of nitrogens with zero attached hydrogens (tertiary/aromatic N) is 6. The Morgan fingerprint density at radius 3 is 2.59 bits per heavy atom. The van der Waals surface area contributed by atoms with Crippen LogP contribution in [0, 0.1) is 0 Å². The zero-order chi connectivity index (χ0) is 24.9. The lowest BCUT2D eigenvalue weighted by atomic mass is 10.2. The fourth-order valence-corrected chi connectivity index (χ4v) is 4.04. The number of hydrogen-bond donors (Lipinski definition) is 2. The third kappa shape index (κ3) is 5.60. The first kappa shape index (κ1) is 22.7. The SMILES string of the molecule is c1ccc(COc2ccc(Nc3nc(Nc4ccn5ccnc5c4)cc(N4CCOCC4)n3)cn2)cc1. The third-order valence-corrected chi connectivity index (χ3v) is 5.94. The summed E-state index contributed by atoms with van der Waals surface area (Å²) in [6, 6.07) is 19.6. The van der Waals surface area contributed by atoms with Crippen LogP contribution in [0.2, 0.25) is 0 Å². The predicted molar refractivity (Wildman–Crippen MR) is 142 cm³/mol. The predicted octanol–water partition coefficient (Wildman–Crippen LogP) is 4.42. The maximum Gasteiger partial charge on any atom is 0.231 e. The smallest absolute Gasteiger partial charge is 0.231 e. The molecular formula is C27H26N8O2. The van der Waals surface area contributed by atoms with Gasteiger partial charge in [0.2, 0.25) is 11.8 Å². The molecule has 186 valence electrons. The van der Waals surface area contributed by atoms with Crippen LogP contribution in [0.1, 0.15) is 5.56 Å². The zero-order valence-corrected chi connectivity index (χ0v) is 20.1.